The molecule has 0 spiro atoms. The summed E-state index contributed by atoms with van der Waals surface area (Å²) in [6, 6.07) is 11.8. The van der Waals surface area contributed by atoms with Crippen LogP contribution < -0.4 is 5.32 Å². The van der Waals surface area contributed by atoms with E-state index in [4.69, 9.17) is 11.6 Å². The molecule has 0 fully saturated rings. The molecule has 1 unspecified atom stereocenters. The van der Waals surface area contributed by atoms with Crippen molar-refractivity contribution in [1.29, 1.82) is 0 Å². The SMILES string of the molecule is CNC(c1ccc(Br)cn1)c1ccccc1Cl. The van der Waals surface area contributed by atoms with Gasteiger partial charge in [0.25, 0.3) is 0 Å². The van der Waals surface area contributed by atoms with Crippen LogP contribution in [0.3, 0.4) is 0 Å². The van der Waals surface area contributed by atoms with Crippen LogP contribution >= 0.6 is 27.5 Å². The van der Waals surface area contributed by atoms with Crippen LogP contribution in [0.25, 0.3) is 0 Å². The van der Waals surface area contributed by atoms with Gasteiger partial charge in [-0.05, 0) is 46.7 Å². The maximum Gasteiger partial charge on any atom is 0.0763 e. The number of hydrogen-bond donors (Lipinski definition) is 1. The molecular weight excluding hydrogens is 300 g/mol. The third-order valence-corrected chi connectivity index (χ3v) is 3.36. The molecule has 2 rings (SSSR count). The highest BCUT2D eigenvalue weighted by Gasteiger charge is 2.15. The summed E-state index contributed by atoms with van der Waals surface area (Å²) in [5, 5.41) is 3.98. The largest absolute Gasteiger partial charge is 0.308 e. The fraction of sp³-hybridized carbons (Fsp3) is 0.154. The fourth-order valence-corrected chi connectivity index (χ4v) is 2.21. The first-order valence-corrected chi connectivity index (χ1v) is 6.42. The van der Waals surface area contributed by atoms with Crippen molar-refractivity contribution in [2.45, 2.75) is 6.04 Å². The van der Waals surface area contributed by atoms with E-state index < -0.39 is 0 Å². The second-order valence-electron chi connectivity index (χ2n) is 3.64. The summed E-state index contributed by atoms with van der Waals surface area (Å²) in [6.07, 6.45) is 1.79. The highest BCUT2D eigenvalue weighted by molar-refractivity contribution is 9.10. The van der Waals surface area contributed by atoms with Crippen molar-refractivity contribution in [3.63, 3.8) is 0 Å². The van der Waals surface area contributed by atoms with E-state index in [1.165, 1.54) is 0 Å². The summed E-state index contributed by atoms with van der Waals surface area (Å²) in [5.74, 6) is 0. The summed E-state index contributed by atoms with van der Waals surface area (Å²) >= 11 is 9.58. The van der Waals surface area contributed by atoms with Gasteiger partial charge in [0.1, 0.15) is 0 Å². The first-order chi connectivity index (χ1) is 8.22. The molecule has 0 aliphatic carbocycles. The lowest BCUT2D eigenvalue weighted by Crippen LogP contribution is -2.19. The molecule has 88 valence electrons. The van der Waals surface area contributed by atoms with Gasteiger partial charge in [0.15, 0.2) is 0 Å². The Labute approximate surface area is 114 Å². The second-order valence-corrected chi connectivity index (χ2v) is 4.97. The Hall–Kier alpha value is -0.900. The van der Waals surface area contributed by atoms with Crippen molar-refractivity contribution in [3.8, 4) is 0 Å². The molecule has 1 aromatic heterocycles. The lowest BCUT2D eigenvalue weighted by atomic mass is 10.0. The van der Waals surface area contributed by atoms with E-state index in [2.05, 4.69) is 26.2 Å². The molecule has 1 aromatic carbocycles. The van der Waals surface area contributed by atoms with Gasteiger partial charge in [-0.3, -0.25) is 4.98 Å². The number of benzene rings is 1. The predicted molar refractivity (Wildman–Crippen MR) is 74.3 cm³/mol. The van der Waals surface area contributed by atoms with Crippen molar-refractivity contribution >= 4 is 27.5 Å². The third-order valence-electron chi connectivity index (χ3n) is 2.55. The molecule has 1 heterocycles. The maximum absolute atomic E-state index is 6.20. The molecule has 0 aliphatic heterocycles. The average Bonchev–Trinajstić information content (AvgIpc) is 2.35. The number of halogens is 2. The summed E-state index contributed by atoms with van der Waals surface area (Å²) < 4.78 is 0.968. The van der Waals surface area contributed by atoms with Gasteiger partial charge in [0.05, 0.1) is 11.7 Å². The Balaban J connectivity index is 2.40. The zero-order chi connectivity index (χ0) is 12.3. The summed E-state index contributed by atoms with van der Waals surface area (Å²) in [6.45, 7) is 0. The molecule has 2 aromatic rings. The molecular formula is C13H12BrClN2. The van der Waals surface area contributed by atoms with Gasteiger partial charge in [-0.25, -0.2) is 0 Å². The molecule has 2 nitrogen and oxygen atoms in total. The van der Waals surface area contributed by atoms with Crippen molar-refractivity contribution < 1.29 is 0 Å². The Morgan fingerprint density at radius 1 is 1.24 bits per heavy atom. The smallest absolute Gasteiger partial charge is 0.0763 e. The first-order valence-electron chi connectivity index (χ1n) is 5.25. The van der Waals surface area contributed by atoms with Crippen LogP contribution in [-0.2, 0) is 0 Å². The number of nitrogens with one attached hydrogen (secondary N) is 1. The minimum absolute atomic E-state index is 0.0109. The molecule has 0 bridgehead atoms. The van der Waals surface area contributed by atoms with Crippen molar-refractivity contribution in [2.24, 2.45) is 0 Å². The zero-order valence-corrected chi connectivity index (χ0v) is 11.7. The van der Waals surface area contributed by atoms with Crippen LogP contribution in [0.1, 0.15) is 17.3 Å². The first kappa shape index (κ1) is 12.6. The van der Waals surface area contributed by atoms with Crippen LogP contribution in [-0.4, -0.2) is 12.0 Å². The van der Waals surface area contributed by atoms with Crippen molar-refractivity contribution in [3.05, 3.63) is 63.3 Å². The molecule has 0 radical (unpaired) electrons. The van der Waals surface area contributed by atoms with Gasteiger partial charge in [0, 0.05) is 15.7 Å². The maximum atomic E-state index is 6.20. The van der Waals surface area contributed by atoms with E-state index in [9.17, 15) is 0 Å². The lowest BCUT2D eigenvalue weighted by molar-refractivity contribution is 0.671. The molecule has 0 amide bonds. The number of pyridine rings is 1. The monoisotopic (exact) mass is 310 g/mol. The second kappa shape index (κ2) is 5.63. The Bertz CT molecular complexity index is 499. The van der Waals surface area contributed by atoms with E-state index >= 15 is 0 Å². The van der Waals surface area contributed by atoms with Gasteiger partial charge in [-0.2, -0.15) is 0 Å². The summed E-state index contributed by atoms with van der Waals surface area (Å²) in [7, 11) is 1.90. The predicted octanol–water partition coefficient (Wildman–Crippen LogP) is 3.81. The van der Waals surface area contributed by atoms with Gasteiger partial charge < -0.3 is 5.32 Å². The molecule has 1 N–H and O–H groups in total. The molecule has 0 saturated carbocycles. The van der Waals surface area contributed by atoms with E-state index in [0.717, 1.165) is 20.8 Å². The number of rotatable bonds is 3. The van der Waals surface area contributed by atoms with E-state index in [0.29, 0.717) is 0 Å². The summed E-state index contributed by atoms with van der Waals surface area (Å²) in [4.78, 5) is 4.40. The Kier molecular flexibility index (Phi) is 4.15. The van der Waals surface area contributed by atoms with E-state index in [1.54, 1.807) is 6.20 Å². The van der Waals surface area contributed by atoms with E-state index in [-0.39, 0.29) is 6.04 Å². The van der Waals surface area contributed by atoms with Crippen LogP contribution in [0.4, 0.5) is 0 Å². The van der Waals surface area contributed by atoms with Crippen molar-refractivity contribution in [1.82, 2.24) is 10.3 Å². The minimum atomic E-state index is 0.0109. The third kappa shape index (κ3) is 2.86. The highest BCUT2D eigenvalue weighted by Crippen LogP contribution is 2.27. The molecule has 0 saturated heterocycles. The standard InChI is InChI=1S/C13H12BrClN2/c1-16-13(10-4-2-3-5-11(10)15)12-7-6-9(14)8-17-12/h2-8,13,16H,1H3. The number of nitrogens with zero attached hydrogens (tertiary/aromatic N) is 1. The minimum Gasteiger partial charge on any atom is -0.308 e. The van der Waals surface area contributed by atoms with Gasteiger partial charge >= 0.3 is 0 Å². The van der Waals surface area contributed by atoms with Gasteiger partial charge in [0.2, 0.25) is 0 Å². The molecule has 1 atom stereocenters. The van der Waals surface area contributed by atoms with Gasteiger partial charge in [-0.15, -0.1) is 0 Å². The normalized spacial score (nSPS) is 12.4. The quantitative estimate of drug-likeness (QED) is 0.932. The van der Waals surface area contributed by atoms with E-state index in [1.807, 2.05) is 43.4 Å². The van der Waals surface area contributed by atoms with Crippen LogP contribution in [0, 0.1) is 0 Å². The Morgan fingerprint density at radius 2 is 2.00 bits per heavy atom. The topological polar surface area (TPSA) is 24.9 Å². The summed E-state index contributed by atoms with van der Waals surface area (Å²) in [5.41, 5.74) is 1.98. The average molecular weight is 312 g/mol. The zero-order valence-electron chi connectivity index (χ0n) is 9.32. The molecule has 0 aliphatic rings. The van der Waals surface area contributed by atoms with Crippen LogP contribution in [0.15, 0.2) is 47.1 Å². The number of aromatic nitrogens is 1. The fourth-order valence-electron chi connectivity index (χ4n) is 1.73. The van der Waals surface area contributed by atoms with Crippen LogP contribution in [0.2, 0.25) is 5.02 Å². The molecule has 4 heteroatoms. The molecule has 17 heavy (non-hydrogen) atoms. The Morgan fingerprint density at radius 3 is 2.59 bits per heavy atom. The lowest BCUT2D eigenvalue weighted by Gasteiger charge is -2.17. The van der Waals surface area contributed by atoms with Crippen molar-refractivity contribution in [2.75, 3.05) is 7.05 Å². The highest BCUT2D eigenvalue weighted by atomic mass is 79.9. The van der Waals surface area contributed by atoms with Gasteiger partial charge in [-0.1, -0.05) is 29.8 Å². The van der Waals surface area contributed by atoms with Crippen LogP contribution in [0.5, 0.6) is 0 Å². The number of hydrogen-bond acceptors (Lipinski definition) is 2.